The summed E-state index contributed by atoms with van der Waals surface area (Å²) in [6, 6.07) is -0.819. The Bertz CT molecular complexity index is 1160. The molecular weight excluding hydrogens is 815 g/mol. The van der Waals surface area contributed by atoms with E-state index in [1.807, 2.05) is 18.2 Å². The van der Waals surface area contributed by atoms with E-state index in [0.29, 0.717) is 6.42 Å². The number of aliphatic hydroxyl groups is 5. The molecule has 1 aliphatic rings. The van der Waals surface area contributed by atoms with E-state index in [4.69, 9.17) is 9.47 Å². The molecule has 1 saturated heterocycles. The van der Waals surface area contributed by atoms with Crippen molar-refractivity contribution in [1.29, 1.82) is 0 Å². The lowest BCUT2D eigenvalue weighted by Crippen LogP contribution is -2.60. The Kier molecular flexibility index (Phi) is 43.2. The van der Waals surface area contributed by atoms with E-state index in [9.17, 15) is 30.3 Å². The van der Waals surface area contributed by atoms with E-state index in [1.165, 1.54) is 186 Å². The van der Waals surface area contributed by atoms with E-state index < -0.39 is 49.5 Å². The SMILES string of the molecule is CCCCCCCCCCCCC=CC[C@@H](O)[C@H](CO[C@@H]1O[C@H](CO)[C@@H](O)C(O)C1O)NC(=O)CC=CCC=CCC=CCCCCCCCCCCCCCCCCCCCCCC. The second-order valence-corrected chi connectivity index (χ2v) is 19.0. The Hall–Kier alpha value is -1.85. The summed E-state index contributed by atoms with van der Waals surface area (Å²) in [7, 11) is 0. The van der Waals surface area contributed by atoms with Gasteiger partial charge in [0.05, 0.1) is 25.4 Å². The number of rotatable bonds is 46. The van der Waals surface area contributed by atoms with E-state index in [-0.39, 0.29) is 18.9 Å². The van der Waals surface area contributed by atoms with Gasteiger partial charge in [-0.2, -0.15) is 0 Å². The van der Waals surface area contributed by atoms with Gasteiger partial charge < -0.3 is 40.3 Å². The molecule has 1 amide bonds. The Morgan fingerprint density at radius 2 is 0.908 bits per heavy atom. The molecule has 1 rings (SSSR count). The lowest BCUT2D eigenvalue weighted by Gasteiger charge is -2.40. The molecule has 1 heterocycles. The summed E-state index contributed by atoms with van der Waals surface area (Å²) in [5.41, 5.74) is 0. The van der Waals surface area contributed by atoms with Gasteiger partial charge in [-0.15, -0.1) is 0 Å². The highest BCUT2D eigenvalue weighted by atomic mass is 16.7. The summed E-state index contributed by atoms with van der Waals surface area (Å²) in [6.45, 7) is 3.75. The molecule has 0 aromatic heterocycles. The predicted molar refractivity (Wildman–Crippen MR) is 272 cm³/mol. The molecule has 9 heteroatoms. The van der Waals surface area contributed by atoms with E-state index in [1.54, 1.807) is 0 Å². The minimum Gasteiger partial charge on any atom is -0.394 e. The molecule has 7 atom stereocenters. The zero-order valence-corrected chi connectivity index (χ0v) is 42.0. The first-order valence-corrected chi connectivity index (χ1v) is 27.3. The zero-order chi connectivity index (χ0) is 47.3. The maximum Gasteiger partial charge on any atom is 0.224 e. The second kappa shape index (κ2) is 45.9. The van der Waals surface area contributed by atoms with Crippen LogP contribution < -0.4 is 5.32 Å². The highest BCUT2D eigenvalue weighted by Gasteiger charge is 2.44. The zero-order valence-electron chi connectivity index (χ0n) is 42.0. The third-order valence-corrected chi connectivity index (χ3v) is 12.9. The molecule has 65 heavy (non-hydrogen) atoms. The monoisotopic (exact) mass is 918 g/mol. The summed E-state index contributed by atoms with van der Waals surface area (Å²) in [4.78, 5) is 12.9. The van der Waals surface area contributed by atoms with E-state index in [0.717, 1.165) is 32.1 Å². The molecule has 0 radical (unpaired) electrons. The summed E-state index contributed by atoms with van der Waals surface area (Å²) in [6.07, 6.45) is 53.4. The smallest absolute Gasteiger partial charge is 0.224 e. The third kappa shape index (κ3) is 35.9. The molecule has 6 N–H and O–H groups in total. The molecule has 0 saturated carbocycles. The maximum absolute atomic E-state index is 12.9. The Balaban J connectivity index is 2.24. The quantitative estimate of drug-likeness (QED) is 0.0261. The lowest BCUT2D eigenvalue weighted by molar-refractivity contribution is -0.302. The number of carbonyl (C=O) groups excluding carboxylic acids is 1. The first-order chi connectivity index (χ1) is 31.8. The maximum atomic E-state index is 12.9. The van der Waals surface area contributed by atoms with Crippen LogP contribution in [0.4, 0.5) is 0 Å². The van der Waals surface area contributed by atoms with Gasteiger partial charge in [-0.3, -0.25) is 4.79 Å². The number of nitrogens with one attached hydrogen (secondary N) is 1. The number of unbranched alkanes of at least 4 members (excludes halogenated alkanes) is 30. The molecule has 0 spiro atoms. The number of aliphatic hydroxyl groups excluding tert-OH is 5. The van der Waals surface area contributed by atoms with Gasteiger partial charge >= 0.3 is 0 Å². The molecular formula is C56H103NO8. The van der Waals surface area contributed by atoms with Crippen molar-refractivity contribution in [3.8, 4) is 0 Å². The molecule has 0 aromatic rings. The van der Waals surface area contributed by atoms with Crippen LogP contribution in [0.3, 0.4) is 0 Å². The molecule has 0 aliphatic carbocycles. The van der Waals surface area contributed by atoms with Gasteiger partial charge in [0.25, 0.3) is 0 Å². The van der Waals surface area contributed by atoms with E-state index in [2.05, 4.69) is 49.5 Å². The average molecular weight is 918 g/mol. The van der Waals surface area contributed by atoms with Crippen LogP contribution in [0.2, 0.25) is 0 Å². The van der Waals surface area contributed by atoms with Crippen LogP contribution in [0.15, 0.2) is 48.6 Å². The lowest BCUT2D eigenvalue weighted by atomic mass is 9.99. The van der Waals surface area contributed by atoms with Crippen LogP contribution in [0.25, 0.3) is 0 Å². The highest BCUT2D eigenvalue weighted by Crippen LogP contribution is 2.23. The highest BCUT2D eigenvalue weighted by molar-refractivity contribution is 5.77. The Morgan fingerprint density at radius 3 is 1.34 bits per heavy atom. The fraction of sp³-hybridized carbons (Fsp3) is 0.839. The Labute approximate surface area is 399 Å². The second-order valence-electron chi connectivity index (χ2n) is 19.0. The molecule has 380 valence electrons. The van der Waals surface area contributed by atoms with Crippen LogP contribution in [-0.4, -0.2) is 87.5 Å². The standard InChI is InChI=1S/C56H103NO8/c1-3-5-7-9-11-13-15-17-18-19-20-21-22-23-24-25-26-27-28-29-30-31-32-34-36-38-40-42-44-46-52(60)57-49(48-64-56-55(63)54(62)53(61)51(47-58)65-56)50(59)45-43-41-39-37-35-33-16-14-12-10-8-6-4-2/h31-32,36,38,41-44,49-51,53-56,58-59,61-63H,3-30,33-35,37,39-40,45-48H2,1-2H3,(H,57,60)/t49-,50+,51+,53+,54?,55?,56+/m0/s1. The van der Waals surface area contributed by atoms with Gasteiger partial charge in [0.2, 0.25) is 5.91 Å². The molecule has 1 aliphatic heterocycles. The number of ether oxygens (including phenoxy) is 2. The molecule has 2 unspecified atom stereocenters. The van der Waals surface area contributed by atoms with E-state index >= 15 is 0 Å². The van der Waals surface area contributed by atoms with Gasteiger partial charge in [-0.25, -0.2) is 0 Å². The van der Waals surface area contributed by atoms with Gasteiger partial charge in [-0.1, -0.05) is 242 Å². The normalized spacial score (nSPS) is 20.3. The number of hydrogen-bond donors (Lipinski definition) is 6. The van der Waals surface area contributed by atoms with Crippen molar-refractivity contribution < 1.29 is 39.8 Å². The predicted octanol–water partition coefficient (Wildman–Crippen LogP) is 13.0. The molecule has 9 nitrogen and oxygen atoms in total. The fourth-order valence-corrected chi connectivity index (χ4v) is 8.55. The van der Waals surface area contributed by atoms with Gasteiger partial charge in [0.15, 0.2) is 6.29 Å². The van der Waals surface area contributed by atoms with Crippen molar-refractivity contribution in [2.75, 3.05) is 13.2 Å². The van der Waals surface area contributed by atoms with Crippen molar-refractivity contribution in [1.82, 2.24) is 5.32 Å². The largest absolute Gasteiger partial charge is 0.394 e. The summed E-state index contributed by atoms with van der Waals surface area (Å²) >= 11 is 0. The Morgan fingerprint density at radius 1 is 0.523 bits per heavy atom. The van der Waals surface area contributed by atoms with Crippen LogP contribution >= 0.6 is 0 Å². The van der Waals surface area contributed by atoms with Crippen molar-refractivity contribution in [3.05, 3.63) is 48.6 Å². The minimum absolute atomic E-state index is 0.130. The van der Waals surface area contributed by atoms with Crippen molar-refractivity contribution >= 4 is 5.91 Å². The van der Waals surface area contributed by atoms with Crippen LogP contribution in [0.5, 0.6) is 0 Å². The summed E-state index contributed by atoms with van der Waals surface area (Å²) in [5.74, 6) is -0.283. The number of carbonyl (C=O) groups is 1. The van der Waals surface area contributed by atoms with Gasteiger partial charge in [0, 0.05) is 6.42 Å². The van der Waals surface area contributed by atoms with Gasteiger partial charge in [-0.05, 0) is 44.9 Å². The topological polar surface area (TPSA) is 149 Å². The first kappa shape index (κ1) is 61.2. The van der Waals surface area contributed by atoms with Crippen LogP contribution in [0, 0.1) is 0 Å². The fourth-order valence-electron chi connectivity index (χ4n) is 8.55. The van der Waals surface area contributed by atoms with Crippen molar-refractivity contribution in [3.63, 3.8) is 0 Å². The van der Waals surface area contributed by atoms with Gasteiger partial charge in [0.1, 0.15) is 24.4 Å². The molecule has 0 aromatic carbocycles. The number of hydrogen-bond acceptors (Lipinski definition) is 8. The van der Waals surface area contributed by atoms with Crippen molar-refractivity contribution in [2.24, 2.45) is 0 Å². The first-order valence-electron chi connectivity index (χ1n) is 27.3. The average Bonchev–Trinajstić information content (AvgIpc) is 3.31. The van der Waals surface area contributed by atoms with Crippen LogP contribution in [-0.2, 0) is 14.3 Å². The minimum atomic E-state index is -1.58. The molecule has 1 fully saturated rings. The number of amides is 1. The summed E-state index contributed by atoms with van der Waals surface area (Å²) in [5, 5.41) is 54.2. The number of allylic oxidation sites excluding steroid dienone is 6. The third-order valence-electron chi connectivity index (χ3n) is 12.9. The molecule has 0 bridgehead atoms. The van der Waals surface area contributed by atoms with Crippen molar-refractivity contribution in [2.45, 2.75) is 288 Å². The summed E-state index contributed by atoms with van der Waals surface area (Å²) < 4.78 is 11.2. The van der Waals surface area contributed by atoms with Crippen LogP contribution in [0.1, 0.15) is 245 Å².